The molecule has 2 N–H and O–H groups in total. The zero-order chi connectivity index (χ0) is 26.2. The van der Waals surface area contributed by atoms with Crippen molar-refractivity contribution in [2.75, 3.05) is 46.4 Å². The monoisotopic (exact) mass is 533 g/mol. The summed E-state index contributed by atoms with van der Waals surface area (Å²) in [6, 6.07) is 6.97. The number of carbonyl (C=O) groups is 1. The van der Waals surface area contributed by atoms with E-state index < -0.39 is 22.5 Å². The molecule has 11 nitrogen and oxygen atoms in total. The molecule has 4 heterocycles. The second-order valence-corrected chi connectivity index (χ2v) is 12.3. The minimum absolute atomic E-state index is 0.138. The third-order valence-corrected chi connectivity index (χ3v) is 9.97. The molecule has 4 aliphatic heterocycles. The highest BCUT2D eigenvalue weighted by atomic mass is 32.2. The summed E-state index contributed by atoms with van der Waals surface area (Å²) >= 11 is 0. The Balaban J connectivity index is 1.23. The van der Waals surface area contributed by atoms with Gasteiger partial charge in [0.15, 0.2) is 0 Å². The van der Waals surface area contributed by atoms with E-state index in [0.717, 1.165) is 17.7 Å². The summed E-state index contributed by atoms with van der Waals surface area (Å²) in [5.41, 5.74) is 0.877. The van der Waals surface area contributed by atoms with E-state index in [1.807, 2.05) is 23.1 Å². The van der Waals surface area contributed by atoms with Crippen molar-refractivity contribution >= 4 is 16.1 Å². The average Bonchev–Trinajstić information content (AvgIpc) is 3.38. The third-order valence-electron chi connectivity index (χ3n) is 8.04. The molecule has 0 saturated carbocycles. The van der Waals surface area contributed by atoms with Crippen molar-refractivity contribution in [3.63, 3.8) is 0 Å². The van der Waals surface area contributed by atoms with Crippen LogP contribution in [0.1, 0.15) is 43.7 Å². The number of fused-ring (bicyclic) bond motifs is 1. The molecule has 3 saturated heterocycles. The Kier molecular flexibility index (Phi) is 7.60. The van der Waals surface area contributed by atoms with Crippen LogP contribution < -0.4 is 14.8 Å². The summed E-state index contributed by atoms with van der Waals surface area (Å²) < 4.78 is 39.9. The zero-order valence-electron chi connectivity index (χ0n) is 21.1. The molecule has 1 amide bonds. The molecule has 4 aliphatic rings. The minimum atomic E-state index is -3.66. The molecule has 0 aromatic heterocycles. The predicted octanol–water partition coefficient (Wildman–Crippen LogP) is 0.830. The highest BCUT2D eigenvalue weighted by Gasteiger charge is 2.44. The fourth-order valence-electron chi connectivity index (χ4n) is 5.87. The van der Waals surface area contributed by atoms with Crippen LogP contribution in [0.5, 0.6) is 11.5 Å². The quantitative estimate of drug-likeness (QED) is 0.526. The second kappa shape index (κ2) is 10.7. The van der Waals surface area contributed by atoms with Crippen LogP contribution in [0.15, 0.2) is 18.2 Å². The van der Waals surface area contributed by atoms with Gasteiger partial charge in [0, 0.05) is 50.6 Å². The standard InChI is InChI=1S/C25H35N5O6S/c1-35-19-6-7-23-20(12-19)21(8-11-36-23)27-24(31)22-5-3-10-30(22)25(32)18-4-2-9-28(16-18)37(33,34)29-14-17(13-26)15-29/h6-7,12,17-18,21-22,25,32H,2-5,8-11,14-16H2,1H3,(H,27,31)/t18-,21+,22+,25?/m0/s1. The lowest BCUT2D eigenvalue weighted by Crippen LogP contribution is -2.58. The van der Waals surface area contributed by atoms with Gasteiger partial charge in [-0.05, 0) is 43.9 Å². The van der Waals surface area contributed by atoms with Gasteiger partial charge in [-0.1, -0.05) is 0 Å². The molecule has 1 aromatic carbocycles. The molecule has 0 spiro atoms. The fraction of sp³-hybridized carbons (Fsp3) is 0.680. The summed E-state index contributed by atoms with van der Waals surface area (Å²) in [6.07, 6.45) is 2.47. The van der Waals surface area contributed by atoms with Gasteiger partial charge in [-0.3, -0.25) is 9.69 Å². The van der Waals surface area contributed by atoms with Crippen molar-refractivity contribution in [3.05, 3.63) is 23.8 Å². The first-order chi connectivity index (χ1) is 17.8. The van der Waals surface area contributed by atoms with Gasteiger partial charge >= 0.3 is 0 Å². The number of hydrogen-bond acceptors (Lipinski definition) is 8. The predicted molar refractivity (Wildman–Crippen MR) is 134 cm³/mol. The van der Waals surface area contributed by atoms with Gasteiger partial charge in [0.1, 0.15) is 17.7 Å². The number of piperidine rings is 1. The number of nitrogens with one attached hydrogen (secondary N) is 1. The van der Waals surface area contributed by atoms with E-state index in [4.69, 9.17) is 14.7 Å². The topological polar surface area (TPSA) is 135 Å². The summed E-state index contributed by atoms with van der Waals surface area (Å²) in [5, 5.41) is 23.5. The SMILES string of the molecule is COc1ccc2c(c1)[C@H](NC(=O)[C@H]1CCCN1C(O)[C@H]1CCCN(S(=O)(=O)N3CC(C#N)C3)C1)CCO2. The molecule has 1 unspecified atom stereocenters. The number of likely N-dealkylation sites (tertiary alicyclic amines) is 1. The number of amides is 1. The van der Waals surface area contributed by atoms with Gasteiger partial charge in [0.25, 0.3) is 10.2 Å². The number of hydrogen-bond donors (Lipinski definition) is 2. The number of carbonyl (C=O) groups excluding carboxylic acids is 1. The van der Waals surface area contributed by atoms with Gasteiger partial charge in [-0.15, -0.1) is 0 Å². The van der Waals surface area contributed by atoms with Gasteiger partial charge in [-0.25, -0.2) is 0 Å². The highest BCUT2D eigenvalue weighted by Crippen LogP contribution is 2.36. The number of aliphatic hydroxyl groups is 1. The van der Waals surface area contributed by atoms with E-state index in [-0.39, 0.29) is 43.4 Å². The normalized spacial score (nSPS) is 28.4. The molecule has 1 aromatic rings. The number of aliphatic hydroxyl groups excluding tert-OH is 1. The van der Waals surface area contributed by atoms with Crippen LogP contribution in [-0.2, 0) is 15.0 Å². The highest BCUT2D eigenvalue weighted by molar-refractivity contribution is 7.86. The number of methoxy groups -OCH3 is 1. The molecule has 3 fully saturated rings. The molecule has 37 heavy (non-hydrogen) atoms. The average molecular weight is 534 g/mol. The first kappa shape index (κ1) is 26.2. The largest absolute Gasteiger partial charge is 0.497 e. The lowest BCUT2D eigenvalue weighted by molar-refractivity contribution is -0.133. The maximum absolute atomic E-state index is 13.4. The molecule has 0 bridgehead atoms. The van der Waals surface area contributed by atoms with Crippen LogP contribution in [0.4, 0.5) is 0 Å². The van der Waals surface area contributed by atoms with E-state index >= 15 is 0 Å². The van der Waals surface area contributed by atoms with Crippen LogP contribution in [0, 0.1) is 23.2 Å². The van der Waals surface area contributed by atoms with Crippen molar-refractivity contribution in [1.82, 2.24) is 18.8 Å². The lowest BCUT2D eigenvalue weighted by Gasteiger charge is -2.43. The Morgan fingerprint density at radius 3 is 2.73 bits per heavy atom. The number of benzene rings is 1. The van der Waals surface area contributed by atoms with Crippen LogP contribution >= 0.6 is 0 Å². The van der Waals surface area contributed by atoms with Gasteiger partial charge in [-0.2, -0.15) is 22.3 Å². The smallest absolute Gasteiger partial charge is 0.282 e. The molecule has 4 atom stereocenters. The fourth-order valence-corrected chi connectivity index (χ4v) is 7.68. The van der Waals surface area contributed by atoms with Crippen LogP contribution in [0.25, 0.3) is 0 Å². The van der Waals surface area contributed by atoms with Crippen molar-refractivity contribution in [2.45, 2.75) is 50.4 Å². The van der Waals surface area contributed by atoms with Crippen molar-refractivity contribution in [3.8, 4) is 17.6 Å². The summed E-state index contributed by atoms with van der Waals surface area (Å²) in [5.74, 6) is 0.735. The van der Waals surface area contributed by atoms with E-state index in [9.17, 15) is 18.3 Å². The minimum Gasteiger partial charge on any atom is -0.497 e. The van der Waals surface area contributed by atoms with Crippen LogP contribution in [0.3, 0.4) is 0 Å². The number of nitrogens with zero attached hydrogens (tertiary/aromatic N) is 4. The van der Waals surface area contributed by atoms with Crippen molar-refractivity contribution in [1.29, 1.82) is 5.26 Å². The van der Waals surface area contributed by atoms with Gasteiger partial charge in [0.2, 0.25) is 5.91 Å². The van der Waals surface area contributed by atoms with E-state index in [0.29, 0.717) is 51.1 Å². The molecule has 0 radical (unpaired) electrons. The second-order valence-electron chi connectivity index (χ2n) is 10.3. The van der Waals surface area contributed by atoms with E-state index in [1.54, 1.807) is 7.11 Å². The van der Waals surface area contributed by atoms with E-state index in [2.05, 4.69) is 11.4 Å². The third kappa shape index (κ3) is 5.15. The van der Waals surface area contributed by atoms with Gasteiger partial charge in [0.05, 0.1) is 37.8 Å². The van der Waals surface area contributed by atoms with Gasteiger partial charge < -0.3 is 19.9 Å². The lowest BCUT2D eigenvalue weighted by atomic mass is 9.96. The maximum Gasteiger partial charge on any atom is 0.282 e. The van der Waals surface area contributed by atoms with Crippen molar-refractivity contribution < 1.29 is 27.8 Å². The molecule has 12 heteroatoms. The summed E-state index contributed by atoms with van der Waals surface area (Å²) in [4.78, 5) is 15.2. The molecular weight excluding hydrogens is 498 g/mol. The molecular formula is C25H35N5O6S. The Bertz CT molecular complexity index is 1150. The summed E-state index contributed by atoms with van der Waals surface area (Å²) in [6.45, 7) is 2.12. The molecule has 202 valence electrons. The molecule has 0 aliphatic carbocycles. The first-order valence-electron chi connectivity index (χ1n) is 13.0. The summed E-state index contributed by atoms with van der Waals surface area (Å²) in [7, 11) is -2.06. The first-order valence-corrected chi connectivity index (χ1v) is 14.4. The maximum atomic E-state index is 13.4. The Morgan fingerprint density at radius 2 is 1.97 bits per heavy atom. The van der Waals surface area contributed by atoms with E-state index in [1.165, 1.54) is 8.61 Å². The van der Waals surface area contributed by atoms with Crippen LogP contribution in [-0.4, -0.2) is 91.7 Å². The van der Waals surface area contributed by atoms with Crippen LogP contribution in [0.2, 0.25) is 0 Å². The zero-order valence-corrected chi connectivity index (χ0v) is 21.9. The Morgan fingerprint density at radius 1 is 1.19 bits per heavy atom. The number of nitriles is 1. The number of rotatable bonds is 7. The van der Waals surface area contributed by atoms with Crippen molar-refractivity contribution in [2.24, 2.45) is 11.8 Å². The number of ether oxygens (including phenoxy) is 2. The molecule has 5 rings (SSSR count). The Labute approximate surface area is 218 Å². The Hall–Kier alpha value is -2.43.